The van der Waals surface area contributed by atoms with Gasteiger partial charge >= 0.3 is 0 Å². The molecule has 0 bridgehead atoms. The lowest BCUT2D eigenvalue weighted by atomic mass is 10.0. The van der Waals surface area contributed by atoms with Crippen LogP contribution in [0.15, 0.2) is 48.5 Å². The van der Waals surface area contributed by atoms with Gasteiger partial charge in [0, 0.05) is 6.54 Å². The van der Waals surface area contributed by atoms with E-state index in [4.69, 9.17) is 4.74 Å². The van der Waals surface area contributed by atoms with Crippen LogP contribution in [0.3, 0.4) is 0 Å². The monoisotopic (exact) mass is 311 g/mol. The van der Waals surface area contributed by atoms with Gasteiger partial charge in [0.1, 0.15) is 5.75 Å². The van der Waals surface area contributed by atoms with Crippen LogP contribution in [0.2, 0.25) is 0 Å². The summed E-state index contributed by atoms with van der Waals surface area (Å²) in [7, 11) is 0. The van der Waals surface area contributed by atoms with Gasteiger partial charge in [-0.3, -0.25) is 4.79 Å². The topological polar surface area (TPSA) is 38.3 Å². The standard InChI is InChI=1S/C20H25NO2/c1-14(2)18-11-10-15(3)12-19(18)23-16(4)20(22)21-13-17-8-6-5-7-9-17/h5-12,14,16H,13H2,1-4H3,(H,21,22). The van der Waals surface area contributed by atoms with Gasteiger partial charge in [-0.05, 0) is 42.5 Å². The molecule has 2 rings (SSSR count). The zero-order valence-corrected chi connectivity index (χ0v) is 14.3. The second-order valence-corrected chi connectivity index (χ2v) is 6.16. The Morgan fingerprint density at radius 2 is 1.78 bits per heavy atom. The molecule has 0 aliphatic heterocycles. The second-order valence-electron chi connectivity index (χ2n) is 6.16. The van der Waals surface area contributed by atoms with Crippen LogP contribution in [0.1, 0.15) is 43.4 Å². The summed E-state index contributed by atoms with van der Waals surface area (Å²) >= 11 is 0. The fourth-order valence-corrected chi connectivity index (χ4v) is 2.39. The summed E-state index contributed by atoms with van der Waals surface area (Å²) in [5.41, 5.74) is 3.33. The molecule has 23 heavy (non-hydrogen) atoms. The third kappa shape index (κ3) is 4.85. The van der Waals surface area contributed by atoms with Crippen molar-refractivity contribution in [1.29, 1.82) is 0 Å². The molecule has 3 nitrogen and oxygen atoms in total. The summed E-state index contributed by atoms with van der Waals surface area (Å²) < 4.78 is 5.93. The molecule has 122 valence electrons. The van der Waals surface area contributed by atoms with Crippen LogP contribution in [-0.2, 0) is 11.3 Å². The first-order valence-electron chi connectivity index (χ1n) is 8.06. The Bertz CT molecular complexity index is 650. The van der Waals surface area contributed by atoms with E-state index < -0.39 is 6.10 Å². The van der Waals surface area contributed by atoms with Crippen molar-refractivity contribution in [3.05, 3.63) is 65.2 Å². The van der Waals surface area contributed by atoms with Crippen LogP contribution in [0.4, 0.5) is 0 Å². The predicted molar refractivity (Wildman–Crippen MR) is 93.6 cm³/mol. The lowest BCUT2D eigenvalue weighted by Crippen LogP contribution is -2.36. The number of amides is 1. The van der Waals surface area contributed by atoms with Crippen LogP contribution in [0, 0.1) is 6.92 Å². The van der Waals surface area contributed by atoms with Crippen LogP contribution in [-0.4, -0.2) is 12.0 Å². The Hall–Kier alpha value is -2.29. The van der Waals surface area contributed by atoms with E-state index in [9.17, 15) is 4.79 Å². The van der Waals surface area contributed by atoms with Gasteiger partial charge < -0.3 is 10.1 Å². The predicted octanol–water partition coefficient (Wildman–Crippen LogP) is 4.20. The Morgan fingerprint density at radius 3 is 2.43 bits per heavy atom. The molecule has 1 atom stereocenters. The SMILES string of the molecule is Cc1ccc(C(C)C)c(OC(C)C(=O)NCc2ccccc2)c1. The highest BCUT2D eigenvalue weighted by Gasteiger charge is 2.17. The van der Waals surface area contributed by atoms with Gasteiger partial charge in [0.2, 0.25) is 0 Å². The Morgan fingerprint density at radius 1 is 1.09 bits per heavy atom. The number of ether oxygens (including phenoxy) is 1. The van der Waals surface area contributed by atoms with E-state index in [0.29, 0.717) is 12.5 Å². The van der Waals surface area contributed by atoms with Crippen LogP contribution < -0.4 is 10.1 Å². The normalized spacial score (nSPS) is 12.0. The number of rotatable bonds is 6. The minimum Gasteiger partial charge on any atom is -0.481 e. The molecule has 0 radical (unpaired) electrons. The van der Waals surface area contributed by atoms with Crippen LogP contribution in [0.25, 0.3) is 0 Å². The summed E-state index contributed by atoms with van der Waals surface area (Å²) in [5.74, 6) is 1.04. The molecule has 2 aromatic rings. The fraction of sp³-hybridized carbons (Fsp3) is 0.350. The number of aryl methyl sites for hydroxylation is 1. The van der Waals surface area contributed by atoms with Gasteiger partial charge in [-0.2, -0.15) is 0 Å². The lowest BCUT2D eigenvalue weighted by molar-refractivity contribution is -0.127. The molecule has 0 aliphatic rings. The van der Waals surface area contributed by atoms with Crippen LogP contribution in [0.5, 0.6) is 5.75 Å². The van der Waals surface area contributed by atoms with Crippen molar-refractivity contribution in [3.8, 4) is 5.75 Å². The largest absolute Gasteiger partial charge is 0.481 e. The summed E-state index contributed by atoms with van der Waals surface area (Å²) in [5, 5.41) is 2.92. The number of hydrogen-bond donors (Lipinski definition) is 1. The molecule has 3 heteroatoms. The van der Waals surface area contributed by atoms with Crippen molar-refractivity contribution < 1.29 is 9.53 Å². The Labute approximate surface area is 138 Å². The number of hydrogen-bond acceptors (Lipinski definition) is 2. The fourth-order valence-electron chi connectivity index (χ4n) is 2.39. The first-order chi connectivity index (χ1) is 11.0. The molecule has 0 spiro atoms. The van der Waals surface area contributed by atoms with Gasteiger partial charge in [-0.25, -0.2) is 0 Å². The third-order valence-corrected chi connectivity index (χ3v) is 3.77. The molecule has 0 fully saturated rings. The van der Waals surface area contributed by atoms with Gasteiger partial charge in [0.25, 0.3) is 5.91 Å². The summed E-state index contributed by atoms with van der Waals surface area (Å²) in [4.78, 5) is 12.3. The molecule has 0 saturated carbocycles. The van der Waals surface area contributed by atoms with Crippen LogP contribution >= 0.6 is 0 Å². The zero-order valence-electron chi connectivity index (χ0n) is 14.3. The molecule has 2 aromatic carbocycles. The average Bonchev–Trinajstić information content (AvgIpc) is 2.53. The minimum absolute atomic E-state index is 0.106. The summed E-state index contributed by atoms with van der Waals surface area (Å²) in [6.45, 7) is 8.57. The summed E-state index contributed by atoms with van der Waals surface area (Å²) in [6, 6.07) is 16.0. The maximum absolute atomic E-state index is 12.3. The van der Waals surface area contributed by atoms with Crippen molar-refractivity contribution in [1.82, 2.24) is 5.32 Å². The van der Waals surface area contributed by atoms with Crippen molar-refractivity contribution in [2.45, 2.75) is 46.3 Å². The molecule has 0 saturated heterocycles. The van der Waals surface area contributed by atoms with E-state index >= 15 is 0 Å². The first-order valence-corrected chi connectivity index (χ1v) is 8.06. The van der Waals surface area contributed by atoms with E-state index in [1.165, 1.54) is 0 Å². The molecule has 1 unspecified atom stereocenters. The quantitative estimate of drug-likeness (QED) is 0.868. The van der Waals surface area contributed by atoms with E-state index in [1.807, 2.05) is 43.3 Å². The maximum Gasteiger partial charge on any atom is 0.261 e. The lowest BCUT2D eigenvalue weighted by Gasteiger charge is -2.19. The maximum atomic E-state index is 12.3. The highest BCUT2D eigenvalue weighted by molar-refractivity contribution is 5.80. The number of nitrogens with one attached hydrogen (secondary N) is 1. The van der Waals surface area contributed by atoms with Gasteiger partial charge in [-0.15, -0.1) is 0 Å². The van der Waals surface area contributed by atoms with Gasteiger partial charge in [-0.1, -0.05) is 56.3 Å². The second kappa shape index (κ2) is 7.82. The third-order valence-electron chi connectivity index (χ3n) is 3.77. The number of carbonyl (C=O) groups excluding carboxylic acids is 1. The van der Waals surface area contributed by atoms with E-state index in [1.54, 1.807) is 6.92 Å². The van der Waals surface area contributed by atoms with Crippen molar-refractivity contribution in [2.75, 3.05) is 0 Å². The van der Waals surface area contributed by atoms with Crippen molar-refractivity contribution in [2.24, 2.45) is 0 Å². The van der Waals surface area contributed by atoms with E-state index in [0.717, 1.165) is 22.4 Å². The molecular weight excluding hydrogens is 286 g/mol. The molecule has 1 amide bonds. The van der Waals surface area contributed by atoms with Gasteiger partial charge in [0.05, 0.1) is 0 Å². The minimum atomic E-state index is -0.530. The van der Waals surface area contributed by atoms with Crippen molar-refractivity contribution in [3.63, 3.8) is 0 Å². The van der Waals surface area contributed by atoms with Gasteiger partial charge in [0.15, 0.2) is 6.10 Å². The Balaban J connectivity index is 1.99. The Kier molecular flexibility index (Phi) is 5.80. The first kappa shape index (κ1) is 17.1. The average molecular weight is 311 g/mol. The molecule has 0 aliphatic carbocycles. The molecule has 0 heterocycles. The number of carbonyl (C=O) groups is 1. The van der Waals surface area contributed by atoms with Crippen molar-refractivity contribution >= 4 is 5.91 Å². The highest BCUT2D eigenvalue weighted by Crippen LogP contribution is 2.28. The summed E-state index contributed by atoms with van der Waals surface area (Å²) in [6.07, 6.45) is -0.530. The number of benzene rings is 2. The molecular formula is C20H25NO2. The molecule has 1 N–H and O–H groups in total. The van der Waals surface area contributed by atoms with E-state index in [-0.39, 0.29) is 5.91 Å². The highest BCUT2D eigenvalue weighted by atomic mass is 16.5. The molecule has 0 aromatic heterocycles. The zero-order chi connectivity index (χ0) is 16.8. The van der Waals surface area contributed by atoms with E-state index in [2.05, 4.69) is 31.3 Å². The smallest absolute Gasteiger partial charge is 0.261 e.